The summed E-state index contributed by atoms with van der Waals surface area (Å²) in [5, 5.41) is 11.1. The van der Waals surface area contributed by atoms with Gasteiger partial charge in [-0.05, 0) is 51.5 Å². The first-order valence-electron chi connectivity index (χ1n) is 10.8. The summed E-state index contributed by atoms with van der Waals surface area (Å²) in [6, 6.07) is 7.73. The van der Waals surface area contributed by atoms with Crippen LogP contribution in [0.2, 0.25) is 0 Å². The zero-order chi connectivity index (χ0) is 23.8. The third kappa shape index (κ3) is 8.52. The van der Waals surface area contributed by atoms with Gasteiger partial charge in [0.25, 0.3) is 0 Å². The van der Waals surface area contributed by atoms with Gasteiger partial charge in [0, 0.05) is 12.0 Å². The molecule has 2 aromatic carbocycles. The molecule has 0 amide bonds. The number of phosphoric ester groups is 1. The smallest absolute Gasteiger partial charge is 0.780 e. The average Bonchev–Trinajstić information content (AvgIpc) is 2.61. The Morgan fingerprint density at radius 1 is 0.818 bits per heavy atom. The molecule has 0 aliphatic rings. The summed E-state index contributed by atoms with van der Waals surface area (Å²) in [7, 11) is -5.27. The molecule has 0 radical (unpaired) electrons. The number of phosphoric acid groups is 1. The summed E-state index contributed by atoms with van der Waals surface area (Å²) in [6.07, 6.45) is 1.81. The van der Waals surface area contributed by atoms with E-state index in [9.17, 15) is 19.5 Å². The van der Waals surface area contributed by atoms with Crippen LogP contribution in [-0.2, 0) is 34.7 Å². The van der Waals surface area contributed by atoms with Gasteiger partial charge in [-0.2, -0.15) is 0 Å². The Labute approximate surface area is 223 Å². The fourth-order valence-electron chi connectivity index (χ4n) is 3.74. The molecule has 1 N–H and O–H groups in total. The summed E-state index contributed by atoms with van der Waals surface area (Å²) in [4.78, 5) is 23.2. The second kappa shape index (κ2) is 11.9. The second-order valence-electron chi connectivity index (χ2n) is 10.2. The molecule has 0 fully saturated rings. The van der Waals surface area contributed by atoms with Crippen molar-refractivity contribution in [2.75, 3.05) is 0 Å². The van der Waals surface area contributed by atoms with Crippen LogP contribution >= 0.6 is 7.82 Å². The van der Waals surface area contributed by atoms with Gasteiger partial charge in [0.15, 0.2) is 0 Å². The van der Waals surface area contributed by atoms with Gasteiger partial charge in [-0.1, -0.05) is 79.7 Å². The molecule has 0 aliphatic carbocycles. The first kappa shape index (κ1) is 32.4. The molecule has 0 aliphatic heterocycles. The Kier molecular flexibility index (Phi) is 11.7. The van der Waals surface area contributed by atoms with Crippen molar-refractivity contribution in [2.24, 2.45) is 0 Å². The van der Waals surface area contributed by atoms with Gasteiger partial charge in [-0.3, -0.25) is 0 Å². The van der Waals surface area contributed by atoms with E-state index >= 15 is 0 Å². The fraction of sp³-hybridized carbons (Fsp3) is 0.520. The maximum absolute atomic E-state index is 11.6. The number of aryl methyl sites for hydroxylation is 2. The minimum Gasteiger partial charge on any atom is -0.780 e. The van der Waals surface area contributed by atoms with E-state index in [1.807, 2.05) is 72.7 Å². The molecule has 0 aromatic heterocycles. The first-order chi connectivity index (χ1) is 14.1. The average molecular weight is 460 g/mol. The molecule has 2 aromatic rings. The topological polar surface area (TPSA) is 92.7 Å². The van der Waals surface area contributed by atoms with Crippen LogP contribution in [-0.4, -0.2) is 5.11 Å². The maximum atomic E-state index is 11.6. The van der Waals surface area contributed by atoms with Gasteiger partial charge in [0.05, 0.1) is 0 Å². The van der Waals surface area contributed by atoms with Crippen molar-refractivity contribution in [3.05, 3.63) is 57.6 Å². The molecule has 8 heteroatoms. The molecule has 5 nitrogen and oxygen atoms in total. The monoisotopic (exact) mass is 460 g/mol. The molecular formula is C25H35Li2O5P. The number of phenolic OH excluding ortho intramolecular Hbond substituents is 1. The summed E-state index contributed by atoms with van der Waals surface area (Å²) < 4.78 is 16.6. The number of hydrogen-bond donors (Lipinski definition) is 1. The number of phenols is 1. The van der Waals surface area contributed by atoms with Gasteiger partial charge in [0.2, 0.25) is 0 Å². The Morgan fingerprint density at radius 3 is 1.64 bits per heavy atom. The molecule has 0 saturated carbocycles. The molecule has 0 heterocycles. The third-order valence-electron chi connectivity index (χ3n) is 5.49. The van der Waals surface area contributed by atoms with Crippen LogP contribution in [0.1, 0.15) is 88.8 Å². The van der Waals surface area contributed by atoms with E-state index in [1.54, 1.807) is 0 Å². The van der Waals surface area contributed by atoms with Gasteiger partial charge in [-0.15, -0.1) is 0 Å². The standard InChI is InChI=1S/C25H37O5P.2Li/c1-9-16-11-18(22(26)20(13-16)24(3,4)5)15-19-12-17(10-2)14-21(25(6,7)8)23(19)30-31(27,28)29;;/h11-14,26H,9-10,15H2,1-8H3,(H2,27,28,29);;/q;2*+1/p-2. The van der Waals surface area contributed by atoms with E-state index in [1.165, 1.54) is 0 Å². The minimum atomic E-state index is -5.27. The van der Waals surface area contributed by atoms with Crippen molar-refractivity contribution in [3.8, 4) is 11.5 Å². The molecule has 0 saturated heterocycles. The number of hydrogen-bond acceptors (Lipinski definition) is 5. The summed E-state index contributed by atoms with van der Waals surface area (Å²) in [5.74, 6) is 0.277. The zero-order valence-electron chi connectivity index (χ0n) is 22.0. The van der Waals surface area contributed by atoms with Crippen molar-refractivity contribution in [1.29, 1.82) is 0 Å². The van der Waals surface area contributed by atoms with E-state index in [2.05, 4.69) is 6.92 Å². The first-order valence-corrected chi connectivity index (χ1v) is 12.3. The second-order valence-corrected chi connectivity index (χ2v) is 11.3. The van der Waals surface area contributed by atoms with Gasteiger partial charge < -0.3 is 24.0 Å². The number of benzene rings is 2. The molecule has 172 valence electrons. The quantitative estimate of drug-likeness (QED) is 0.438. The van der Waals surface area contributed by atoms with Crippen LogP contribution in [0.25, 0.3) is 0 Å². The summed E-state index contributed by atoms with van der Waals surface area (Å²) >= 11 is 0. The predicted octanol–water partition coefficient (Wildman–Crippen LogP) is -1.08. The predicted molar refractivity (Wildman–Crippen MR) is 122 cm³/mol. The number of rotatable bonds is 6. The van der Waals surface area contributed by atoms with Crippen LogP contribution in [0.5, 0.6) is 11.5 Å². The molecule has 0 atom stereocenters. The molecule has 0 bridgehead atoms. The maximum Gasteiger partial charge on any atom is 1.00 e. The van der Waals surface area contributed by atoms with Crippen molar-refractivity contribution in [1.82, 2.24) is 0 Å². The van der Waals surface area contributed by atoms with Crippen molar-refractivity contribution >= 4 is 7.82 Å². The summed E-state index contributed by atoms with van der Waals surface area (Å²) in [6.45, 7) is 16.0. The largest absolute Gasteiger partial charge is 1.00 e. The van der Waals surface area contributed by atoms with Gasteiger partial charge in [0.1, 0.15) is 19.3 Å². The molecular weight excluding hydrogens is 425 g/mol. The normalized spacial score (nSPS) is 12.1. The third-order valence-corrected chi connectivity index (χ3v) is 5.90. The van der Waals surface area contributed by atoms with E-state index in [-0.39, 0.29) is 61.1 Å². The minimum absolute atomic E-state index is 0. The van der Waals surface area contributed by atoms with E-state index in [0.29, 0.717) is 16.7 Å². The Hall–Kier alpha value is -0.615. The Balaban J connectivity index is 0.00000512. The van der Waals surface area contributed by atoms with Crippen LogP contribution in [0.15, 0.2) is 24.3 Å². The van der Waals surface area contributed by atoms with E-state index < -0.39 is 13.2 Å². The van der Waals surface area contributed by atoms with E-state index in [4.69, 9.17) is 4.52 Å². The van der Waals surface area contributed by atoms with Crippen molar-refractivity contribution in [3.63, 3.8) is 0 Å². The molecule has 2 rings (SSSR count). The zero-order valence-corrected chi connectivity index (χ0v) is 22.9. The fourth-order valence-corrected chi connectivity index (χ4v) is 4.18. The Morgan fingerprint density at radius 2 is 1.24 bits per heavy atom. The van der Waals surface area contributed by atoms with Crippen LogP contribution < -0.4 is 52.0 Å². The number of aromatic hydroxyl groups is 1. The van der Waals surface area contributed by atoms with Crippen LogP contribution in [0, 0.1) is 0 Å². The van der Waals surface area contributed by atoms with Crippen LogP contribution in [0.3, 0.4) is 0 Å². The SMILES string of the molecule is CCc1cc(Cc2cc(CC)cc(C(C)(C)C)c2OP(=O)([O-])[O-])c(O)c(C(C)(C)C)c1.[Li+].[Li+]. The summed E-state index contributed by atoms with van der Waals surface area (Å²) in [5.41, 5.74) is 4.18. The van der Waals surface area contributed by atoms with Crippen LogP contribution in [0.4, 0.5) is 0 Å². The van der Waals surface area contributed by atoms with Crippen molar-refractivity contribution < 1.29 is 61.7 Å². The molecule has 0 unspecified atom stereocenters. The Bertz CT molecular complexity index is 1000. The molecule has 33 heavy (non-hydrogen) atoms. The van der Waals surface area contributed by atoms with Gasteiger partial charge in [-0.25, -0.2) is 0 Å². The van der Waals surface area contributed by atoms with E-state index in [0.717, 1.165) is 29.5 Å². The van der Waals surface area contributed by atoms with Gasteiger partial charge >= 0.3 is 37.7 Å². The van der Waals surface area contributed by atoms with Crippen molar-refractivity contribution in [2.45, 2.75) is 85.5 Å². The molecule has 0 spiro atoms.